The lowest BCUT2D eigenvalue weighted by Crippen LogP contribution is -2.14. The lowest BCUT2D eigenvalue weighted by Gasteiger charge is -2.01. The maximum Gasteiger partial charge on any atom is 0.357 e. The highest BCUT2D eigenvalue weighted by Gasteiger charge is 2.15. The number of carboxylic acid groups (broad SMARTS) is 7. The molecule has 0 unspecified atom stereocenters. The van der Waals surface area contributed by atoms with Gasteiger partial charge in [0.1, 0.15) is 0 Å². The molecule has 0 heterocycles. The van der Waals surface area contributed by atoms with Crippen molar-refractivity contribution in [3.8, 4) is 0 Å². The number of aliphatic carboxylic acids is 6. The van der Waals surface area contributed by atoms with Gasteiger partial charge in [-0.2, -0.15) is 5.90 Å². The van der Waals surface area contributed by atoms with Crippen LogP contribution in [0.4, 0.5) is 0 Å². The number of benzene rings is 1. The van der Waals surface area contributed by atoms with Gasteiger partial charge in [0.2, 0.25) is 0 Å². The number of carbonyl (C=O) groups excluding carboxylic acids is 1. The number of carboxylic acids is 7. The van der Waals surface area contributed by atoms with E-state index >= 15 is 0 Å². The van der Waals surface area contributed by atoms with Gasteiger partial charge in [0, 0.05) is 36.5 Å². The first kappa shape index (κ1) is 49.3. The van der Waals surface area contributed by atoms with Gasteiger partial charge < -0.3 is 40.6 Å². The van der Waals surface area contributed by atoms with Crippen LogP contribution in [-0.2, 0) is 33.6 Å². The van der Waals surface area contributed by atoms with E-state index in [0.717, 1.165) is 36.5 Å². The monoisotopic (exact) mass is 613 g/mol. The molecule has 1 aromatic carbocycles. The zero-order valence-electron chi connectivity index (χ0n) is 22.4. The smallest absolute Gasteiger partial charge is 0.357 e. The van der Waals surface area contributed by atoms with Gasteiger partial charge in [0.05, 0.1) is 11.1 Å². The molecule has 0 aliphatic carbocycles. The largest absolute Gasteiger partial charge is 0.478 e. The number of rotatable bonds is 8. The van der Waals surface area contributed by atoms with Crippen LogP contribution < -0.4 is 5.90 Å². The predicted octanol–water partition coefficient (Wildman–Crippen LogP) is 1.96. The Morgan fingerprint density at radius 3 is 0.814 bits per heavy atom. The second-order valence-corrected chi connectivity index (χ2v) is 5.51. The number of nitrogens with two attached hydrogens (primary N) is 1. The fourth-order valence-corrected chi connectivity index (χ4v) is 0.911. The summed E-state index contributed by atoms with van der Waals surface area (Å²) in [6.07, 6.45) is 5.00. The molecule has 43 heavy (non-hydrogen) atoms. The van der Waals surface area contributed by atoms with E-state index in [9.17, 15) is 38.4 Å². The van der Waals surface area contributed by atoms with Gasteiger partial charge >= 0.3 is 47.8 Å². The van der Waals surface area contributed by atoms with E-state index in [-0.39, 0.29) is 11.1 Å². The summed E-state index contributed by atoms with van der Waals surface area (Å²) in [7, 11) is 0. The quantitative estimate of drug-likeness (QED) is 0.153. The van der Waals surface area contributed by atoms with Crippen molar-refractivity contribution in [3.05, 3.63) is 111 Å². The van der Waals surface area contributed by atoms with Crippen LogP contribution in [0.25, 0.3) is 0 Å². The van der Waals surface area contributed by atoms with Crippen LogP contribution in [0.1, 0.15) is 20.7 Å². The third-order valence-electron chi connectivity index (χ3n) is 2.53. The maximum absolute atomic E-state index is 10.9. The fourth-order valence-electron chi connectivity index (χ4n) is 0.911. The Labute approximate surface area is 244 Å². The minimum atomic E-state index is -1.19. The number of aromatic carboxylic acids is 1. The maximum atomic E-state index is 10.9. The Morgan fingerprint density at radius 1 is 0.488 bits per heavy atom. The van der Waals surface area contributed by atoms with Crippen molar-refractivity contribution >= 4 is 47.8 Å². The molecular weight excluding hydrogens is 582 g/mol. The van der Waals surface area contributed by atoms with E-state index in [2.05, 4.69) is 50.2 Å². The van der Waals surface area contributed by atoms with Gasteiger partial charge in [-0.05, 0) is 12.1 Å². The molecule has 0 aromatic heterocycles. The van der Waals surface area contributed by atoms with E-state index in [0.29, 0.717) is 0 Å². The predicted molar refractivity (Wildman–Crippen MR) is 150 cm³/mol. The molecule has 0 fully saturated rings. The molecule has 0 aliphatic heterocycles. The van der Waals surface area contributed by atoms with Crippen LogP contribution in [0.15, 0.2) is 100 Å². The van der Waals surface area contributed by atoms with E-state index in [1.165, 1.54) is 24.3 Å². The Balaban J connectivity index is -0.0000000985. The Morgan fingerprint density at radius 2 is 0.674 bits per heavy atom. The first-order valence-electron chi connectivity index (χ1n) is 10.1. The molecule has 0 radical (unpaired) electrons. The molecule has 1 aromatic rings. The van der Waals surface area contributed by atoms with E-state index in [1.807, 2.05) is 0 Å². The molecule has 0 atom stereocenters. The fraction of sp³-hybridized carbons (Fsp3) is 0. The van der Waals surface area contributed by atoms with Crippen molar-refractivity contribution in [2.45, 2.75) is 0 Å². The van der Waals surface area contributed by atoms with Gasteiger partial charge in [-0.1, -0.05) is 51.6 Å². The number of hydrogen-bond donors (Lipinski definition) is 8. The van der Waals surface area contributed by atoms with Gasteiger partial charge in [-0.3, -0.25) is 0 Å². The third kappa shape index (κ3) is 56.6. The summed E-state index contributed by atoms with van der Waals surface area (Å²) in [6, 6.07) is 5.67. The van der Waals surface area contributed by atoms with Crippen molar-refractivity contribution in [2.24, 2.45) is 5.90 Å². The van der Waals surface area contributed by atoms with Crippen LogP contribution in [0, 0.1) is 0 Å². The van der Waals surface area contributed by atoms with Crippen LogP contribution in [0.3, 0.4) is 0 Å². The van der Waals surface area contributed by atoms with E-state index in [4.69, 9.17) is 35.7 Å². The summed E-state index contributed by atoms with van der Waals surface area (Å²) >= 11 is 0. The summed E-state index contributed by atoms with van der Waals surface area (Å²) < 4.78 is 0. The first-order valence-corrected chi connectivity index (χ1v) is 10.1. The van der Waals surface area contributed by atoms with Crippen molar-refractivity contribution in [1.82, 2.24) is 0 Å². The molecule has 17 heteroatoms. The average Bonchev–Trinajstić information content (AvgIpc) is 2.98. The first-order chi connectivity index (χ1) is 19.8. The highest BCUT2D eigenvalue weighted by atomic mass is 16.7. The van der Waals surface area contributed by atoms with Crippen molar-refractivity contribution in [1.29, 1.82) is 0 Å². The zero-order chi connectivity index (χ0) is 35.6. The lowest BCUT2D eigenvalue weighted by atomic mass is 10.1. The lowest BCUT2D eigenvalue weighted by molar-refractivity contribution is -0.132. The van der Waals surface area contributed by atoms with Crippen molar-refractivity contribution in [2.75, 3.05) is 0 Å². The third-order valence-corrected chi connectivity index (χ3v) is 2.53. The van der Waals surface area contributed by atoms with Gasteiger partial charge in [0.25, 0.3) is 0 Å². The van der Waals surface area contributed by atoms with Crippen LogP contribution in [0.2, 0.25) is 0 Å². The minimum Gasteiger partial charge on any atom is -0.478 e. The van der Waals surface area contributed by atoms with E-state index in [1.54, 1.807) is 0 Å². The molecule has 0 saturated heterocycles. The molecule has 0 aliphatic rings. The molecule has 9 N–H and O–H groups in total. The highest BCUT2D eigenvalue weighted by molar-refractivity contribution is 6.02. The Bertz CT molecular complexity index is 996. The standard InChI is InChI=1S/C8H7NO4.6C3H4O2/c9-13-8(12)6-4-2-1-3-5(6)7(10)11;6*1-2-3(4)5/h1-4H,9H2,(H,10,11);6*2H,1H2,(H,4,5). The topological polar surface area (TPSA) is 313 Å². The summed E-state index contributed by atoms with van der Waals surface area (Å²) in [5, 5.41) is 54.3. The highest BCUT2D eigenvalue weighted by Crippen LogP contribution is 2.09. The van der Waals surface area contributed by atoms with Gasteiger partial charge in [-0.25, -0.2) is 38.4 Å². The van der Waals surface area contributed by atoms with Gasteiger partial charge in [-0.15, -0.1) is 0 Å². The minimum absolute atomic E-state index is 0.0579. The molecule has 1 rings (SSSR count). The SMILES string of the molecule is C=CC(=O)O.C=CC(=O)O.C=CC(=O)O.C=CC(=O)O.C=CC(=O)O.C=CC(=O)O.NOC(=O)c1ccccc1C(=O)O. The summed E-state index contributed by atoms with van der Waals surface area (Å²) in [5.41, 5.74) is -0.185. The Kier molecular flexibility index (Phi) is 40.6. The molecule has 0 saturated carbocycles. The van der Waals surface area contributed by atoms with Crippen LogP contribution in [-0.4, -0.2) is 83.5 Å². The normalized spacial score (nSPS) is 7.28. The second kappa shape index (κ2) is 35.4. The zero-order valence-corrected chi connectivity index (χ0v) is 22.4. The number of carbonyl (C=O) groups is 8. The average molecular weight is 614 g/mol. The number of hydrogen-bond acceptors (Lipinski definition) is 10. The van der Waals surface area contributed by atoms with Crippen LogP contribution >= 0.6 is 0 Å². The molecular formula is C26H31NO16. The molecule has 0 amide bonds. The molecule has 0 bridgehead atoms. The van der Waals surface area contributed by atoms with Crippen molar-refractivity contribution in [3.63, 3.8) is 0 Å². The molecule has 17 nitrogen and oxygen atoms in total. The molecule has 0 spiro atoms. The molecule has 236 valence electrons. The van der Waals surface area contributed by atoms with Crippen molar-refractivity contribution < 1.29 is 78.9 Å². The van der Waals surface area contributed by atoms with Gasteiger partial charge in [0.15, 0.2) is 0 Å². The summed E-state index contributed by atoms with van der Waals surface area (Å²) in [5.74, 6) is -3.31. The Hall–Kier alpha value is -6.62. The summed E-state index contributed by atoms with van der Waals surface area (Å²) in [4.78, 5) is 80.9. The van der Waals surface area contributed by atoms with Crippen LogP contribution in [0.5, 0.6) is 0 Å². The van der Waals surface area contributed by atoms with E-state index < -0.39 is 47.8 Å². The second-order valence-electron chi connectivity index (χ2n) is 5.51. The summed E-state index contributed by atoms with van der Waals surface area (Å²) in [6.45, 7) is 17.8.